The normalized spacial score (nSPS) is 12.2. The summed E-state index contributed by atoms with van der Waals surface area (Å²) >= 11 is 0. The van der Waals surface area contributed by atoms with Crippen molar-refractivity contribution in [1.82, 2.24) is 4.90 Å². The number of rotatable bonds is 5. The molecule has 144 valence electrons. The molecule has 0 saturated heterocycles. The molecule has 27 heavy (non-hydrogen) atoms. The van der Waals surface area contributed by atoms with Crippen LogP contribution in [0.5, 0.6) is 0 Å². The van der Waals surface area contributed by atoms with Crippen molar-refractivity contribution in [1.29, 1.82) is 0 Å². The predicted molar refractivity (Wildman–Crippen MR) is 112 cm³/mol. The third-order valence-electron chi connectivity index (χ3n) is 4.44. The van der Waals surface area contributed by atoms with E-state index in [4.69, 9.17) is 10.8 Å². The summed E-state index contributed by atoms with van der Waals surface area (Å²) in [5.74, 6) is 0.0825. The highest BCUT2D eigenvalue weighted by Gasteiger charge is 2.28. The van der Waals surface area contributed by atoms with Gasteiger partial charge < -0.3 is 21.1 Å². The molecule has 0 aromatic heterocycles. The molecule has 5 heteroatoms. The highest BCUT2D eigenvalue weighted by molar-refractivity contribution is 6.21. The number of carbonyl (C=O) groups is 1. The Bertz CT molecular complexity index is 826. The van der Waals surface area contributed by atoms with Crippen LogP contribution in [0, 0.1) is 6.92 Å². The molecule has 4 N–H and O–H groups in total. The fraction of sp³-hybridized carbons (Fsp3) is 0.318. The maximum absolute atomic E-state index is 13.0. The van der Waals surface area contributed by atoms with Gasteiger partial charge in [0.15, 0.2) is 5.78 Å². The number of carbonyl (C=O) groups excluding carboxylic acids is 1. The van der Waals surface area contributed by atoms with Crippen molar-refractivity contribution in [2.24, 2.45) is 5.73 Å². The van der Waals surface area contributed by atoms with Crippen molar-refractivity contribution < 1.29 is 9.90 Å². The zero-order valence-corrected chi connectivity index (χ0v) is 16.4. The van der Waals surface area contributed by atoms with Gasteiger partial charge in [-0.1, -0.05) is 36.9 Å². The summed E-state index contributed by atoms with van der Waals surface area (Å²) < 4.78 is 0. The fourth-order valence-corrected chi connectivity index (χ4v) is 3.14. The maximum atomic E-state index is 13.0. The van der Waals surface area contributed by atoms with Gasteiger partial charge in [0.2, 0.25) is 0 Å². The second kappa shape index (κ2) is 9.46. The molecular formula is C22H29N3O2. The van der Waals surface area contributed by atoms with Gasteiger partial charge in [0.1, 0.15) is 0 Å². The van der Waals surface area contributed by atoms with Crippen LogP contribution in [0.15, 0.2) is 43.0 Å². The Labute approximate surface area is 161 Å². The summed E-state index contributed by atoms with van der Waals surface area (Å²) in [7, 11) is 4.07. The van der Waals surface area contributed by atoms with Crippen LogP contribution in [0.25, 0.3) is 5.57 Å². The van der Waals surface area contributed by atoms with Crippen molar-refractivity contribution in [3.63, 3.8) is 0 Å². The third-order valence-corrected chi connectivity index (χ3v) is 4.44. The molecule has 0 heterocycles. The Balaban J connectivity index is 0.000000596. The lowest BCUT2D eigenvalue weighted by Crippen LogP contribution is -2.23. The van der Waals surface area contributed by atoms with E-state index in [1.807, 2.05) is 57.4 Å². The number of benzene rings is 2. The van der Waals surface area contributed by atoms with Gasteiger partial charge in [-0.25, -0.2) is 0 Å². The number of fused-ring (bicyclic) bond motifs is 2. The molecular weight excluding hydrogens is 338 g/mol. The van der Waals surface area contributed by atoms with Gasteiger partial charge in [-0.2, -0.15) is 0 Å². The second-order valence-electron chi connectivity index (χ2n) is 6.78. The van der Waals surface area contributed by atoms with Crippen LogP contribution in [0.3, 0.4) is 0 Å². The predicted octanol–water partition coefficient (Wildman–Crippen LogP) is 2.51. The first-order valence-electron chi connectivity index (χ1n) is 9.08. The van der Waals surface area contributed by atoms with E-state index in [2.05, 4.69) is 16.8 Å². The van der Waals surface area contributed by atoms with Crippen molar-refractivity contribution in [3.05, 3.63) is 70.8 Å². The number of nitrogens with zero attached hydrogens (tertiary/aromatic N) is 1. The molecule has 3 rings (SSSR count). The van der Waals surface area contributed by atoms with Crippen LogP contribution < -0.4 is 11.1 Å². The summed E-state index contributed by atoms with van der Waals surface area (Å²) in [6.07, 6.45) is 0. The molecule has 0 spiro atoms. The lowest BCUT2D eigenvalue weighted by molar-refractivity contribution is 0.103. The number of nitrogens with one attached hydrogen (secondary N) is 1. The molecule has 0 amide bonds. The molecule has 5 nitrogen and oxygen atoms in total. The summed E-state index contributed by atoms with van der Waals surface area (Å²) in [6, 6.07) is 11.8. The molecule has 2 aromatic carbocycles. The number of hydrogen-bond donors (Lipinski definition) is 3. The summed E-state index contributed by atoms with van der Waals surface area (Å²) in [5.41, 5.74) is 11.1. The standard InChI is InChI=1S/C20H22N2O.C2H7NO/c1-13-7-5-9-16-18(13)14(2)15-8-6-10-17(19(15)20(16)23)21-11-12-22(3)4;3-1-2-4/h5-10,21H,2,11-12H2,1,3-4H3;4H,1-3H2. The van der Waals surface area contributed by atoms with Crippen molar-refractivity contribution in [2.45, 2.75) is 6.92 Å². The summed E-state index contributed by atoms with van der Waals surface area (Å²) in [5, 5.41) is 11.1. The van der Waals surface area contributed by atoms with Gasteiger partial charge in [0.25, 0.3) is 0 Å². The minimum Gasteiger partial charge on any atom is -0.395 e. The van der Waals surface area contributed by atoms with E-state index in [9.17, 15) is 4.79 Å². The molecule has 2 aromatic rings. The average molecular weight is 367 g/mol. The van der Waals surface area contributed by atoms with Gasteiger partial charge in [-0.15, -0.1) is 0 Å². The minimum atomic E-state index is 0.0825. The maximum Gasteiger partial charge on any atom is 0.196 e. The van der Waals surface area contributed by atoms with Crippen LogP contribution in [-0.4, -0.2) is 56.1 Å². The number of aliphatic hydroxyl groups is 1. The van der Waals surface area contributed by atoms with Crippen LogP contribution in [0.1, 0.15) is 32.6 Å². The number of aliphatic hydroxyl groups excluding tert-OH is 1. The summed E-state index contributed by atoms with van der Waals surface area (Å²) in [4.78, 5) is 15.1. The lowest BCUT2D eigenvalue weighted by Gasteiger charge is -2.25. The van der Waals surface area contributed by atoms with Crippen molar-refractivity contribution in [3.8, 4) is 0 Å². The van der Waals surface area contributed by atoms with Gasteiger partial charge in [-0.05, 0) is 49.3 Å². The molecule has 0 fully saturated rings. The fourth-order valence-electron chi connectivity index (χ4n) is 3.14. The molecule has 0 radical (unpaired) electrons. The Morgan fingerprint density at radius 3 is 2.37 bits per heavy atom. The molecule has 1 aliphatic carbocycles. The second-order valence-corrected chi connectivity index (χ2v) is 6.78. The number of ketones is 1. The summed E-state index contributed by atoms with van der Waals surface area (Å²) in [6.45, 7) is 8.46. The number of anilines is 1. The Morgan fingerprint density at radius 1 is 1.11 bits per heavy atom. The SMILES string of the molecule is C=C1c2cccc(NCCN(C)C)c2C(=O)c2cccc(C)c21.NCCO. The van der Waals surface area contributed by atoms with Crippen LogP contribution in [0.2, 0.25) is 0 Å². The average Bonchev–Trinajstić information content (AvgIpc) is 2.65. The lowest BCUT2D eigenvalue weighted by atomic mass is 9.79. The first-order valence-corrected chi connectivity index (χ1v) is 9.08. The van der Waals surface area contributed by atoms with E-state index in [-0.39, 0.29) is 12.4 Å². The van der Waals surface area contributed by atoms with E-state index >= 15 is 0 Å². The Hall–Kier alpha value is -2.47. The number of likely N-dealkylation sites (N-methyl/N-ethyl adjacent to an activating group) is 1. The molecule has 0 unspecified atom stereocenters. The van der Waals surface area contributed by atoms with Gasteiger partial charge >= 0.3 is 0 Å². The van der Waals surface area contributed by atoms with Gasteiger partial charge in [-0.3, -0.25) is 4.79 Å². The Morgan fingerprint density at radius 2 is 1.74 bits per heavy atom. The Kier molecular flexibility index (Phi) is 7.30. The zero-order valence-electron chi connectivity index (χ0n) is 16.4. The molecule has 0 atom stereocenters. The first-order chi connectivity index (χ1) is 12.9. The highest BCUT2D eigenvalue weighted by Crippen LogP contribution is 2.39. The number of nitrogens with two attached hydrogens (primary N) is 1. The van der Waals surface area contributed by atoms with Gasteiger partial charge in [0, 0.05) is 30.9 Å². The van der Waals surface area contributed by atoms with Gasteiger partial charge in [0.05, 0.1) is 12.2 Å². The van der Waals surface area contributed by atoms with E-state index in [0.29, 0.717) is 6.54 Å². The van der Waals surface area contributed by atoms with E-state index in [1.165, 1.54) is 0 Å². The largest absolute Gasteiger partial charge is 0.395 e. The smallest absolute Gasteiger partial charge is 0.196 e. The molecule has 0 aliphatic heterocycles. The first kappa shape index (κ1) is 20.8. The van der Waals surface area contributed by atoms with Crippen LogP contribution >= 0.6 is 0 Å². The molecule has 0 bridgehead atoms. The van der Waals surface area contributed by atoms with E-state index < -0.39 is 0 Å². The monoisotopic (exact) mass is 367 g/mol. The molecule has 1 aliphatic rings. The zero-order chi connectivity index (χ0) is 20.0. The number of hydrogen-bond acceptors (Lipinski definition) is 5. The number of aryl methyl sites for hydroxylation is 1. The third kappa shape index (κ3) is 4.63. The highest BCUT2D eigenvalue weighted by atomic mass is 16.3. The molecule has 0 saturated carbocycles. The van der Waals surface area contributed by atoms with Crippen molar-refractivity contribution in [2.75, 3.05) is 45.7 Å². The van der Waals surface area contributed by atoms with Crippen LogP contribution in [0.4, 0.5) is 5.69 Å². The quantitative estimate of drug-likeness (QED) is 0.646. The topological polar surface area (TPSA) is 78.6 Å². The van der Waals surface area contributed by atoms with Crippen molar-refractivity contribution >= 4 is 17.0 Å². The van der Waals surface area contributed by atoms with Crippen LogP contribution in [-0.2, 0) is 0 Å². The van der Waals surface area contributed by atoms with E-state index in [1.54, 1.807) is 0 Å². The van der Waals surface area contributed by atoms with E-state index in [0.717, 1.165) is 52.2 Å². The minimum absolute atomic E-state index is 0.0825.